The van der Waals surface area contributed by atoms with E-state index in [1.807, 2.05) is 6.07 Å². The molecule has 5 heteroatoms. The Hall–Kier alpha value is -0.320. The van der Waals surface area contributed by atoms with E-state index in [0.717, 1.165) is 10.3 Å². The van der Waals surface area contributed by atoms with Crippen molar-refractivity contribution < 1.29 is 0 Å². The first-order valence-corrected chi connectivity index (χ1v) is 5.99. The maximum atomic E-state index is 5.80. The molecule has 0 saturated carbocycles. The van der Waals surface area contributed by atoms with Crippen LogP contribution in [0.1, 0.15) is 13.8 Å². The van der Waals surface area contributed by atoms with Gasteiger partial charge < -0.3 is 11.1 Å². The third-order valence-corrected chi connectivity index (χ3v) is 3.00. The van der Waals surface area contributed by atoms with Crippen molar-refractivity contribution in [3.63, 3.8) is 0 Å². The summed E-state index contributed by atoms with van der Waals surface area (Å²) < 4.78 is 0.856. The Morgan fingerprint density at radius 3 is 2.73 bits per heavy atom. The normalized spacial score (nSPS) is 12.9. The van der Waals surface area contributed by atoms with E-state index in [-0.39, 0.29) is 6.04 Å². The molecule has 0 aromatic carbocycles. The average Bonchev–Trinajstić information content (AvgIpc) is 2.16. The van der Waals surface area contributed by atoms with Gasteiger partial charge in [-0.15, -0.1) is 0 Å². The zero-order valence-corrected chi connectivity index (χ0v) is 11.1. The highest BCUT2D eigenvalue weighted by atomic mass is 79.9. The summed E-state index contributed by atoms with van der Waals surface area (Å²) in [5.41, 5.74) is 5.67. The second-order valence-corrected chi connectivity index (χ2v) is 5.01. The van der Waals surface area contributed by atoms with Crippen molar-refractivity contribution in [2.45, 2.75) is 19.9 Å². The molecule has 1 rings (SSSR count). The number of halogens is 2. The number of aromatic nitrogens is 1. The number of nitrogens with one attached hydrogen (secondary N) is 1. The summed E-state index contributed by atoms with van der Waals surface area (Å²) in [5, 5.41) is 3.89. The van der Waals surface area contributed by atoms with Gasteiger partial charge in [-0.2, -0.15) is 0 Å². The number of anilines is 1. The number of nitrogens with zero attached hydrogens (tertiary/aromatic N) is 1. The number of rotatable bonds is 4. The van der Waals surface area contributed by atoms with Gasteiger partial charge in [0.25, 0.3) is 0 Å². The van der Waals surface area contributed by atoms with E-state index >= 15 is 0 Å². The molecule has 0 radical (unpaired) electrons. The number of hydrogen-bond donors (Lipinski definition) is 2. The monoisotopic (exact) mass is 291 g/mol. The van der Waals surface area contributed by atoms with E-state index in [1.54, 1.807) is 6.20 Å². The van der Waals surface area contributed by atoms with Crippen LogP contribution in [0, 0.1) is 5.92 Å². The van der Waals surface area contributed by atoms with Gasteiger partial charge in [0.2, 0.25) is 0 Å². The van der Waals surface area contributed by atoms with Crippen LogP contribution in [-0.4, -0.2) is 17.6 Å². The van der Waals surface area contributed by atoms with Gasteiger partial charge in [0.15, 0.2) is 0 Å². The summed E-state index contributed by atoms with van der Waals surface area (Å²) in [4.78, 5) is 4.20. The Morgan fingerprint density at radius 2 is 2.27 bits per heavy atom. The van der Waals surface area contributed by atoms with Gasteiger partial charge in [-0.25, -0.2) is 4.98 Å². The molecule has 3 nitrogen and oxygen atoms in total. The largest absolute Gasteiger partial charge is 0.365 e. The van der Waals surface area contributed by atoms with Crippen molar-refractivity contribution in [2.75, 3.05) is 11.9 Å². The highest BCUT2D eigenvalue weighted by molar-refractivity contribution is 9.10. The van der Waals surface area contributed by atoms with E-state index < -0.39 is 0 Å². The minimum absolute atomic E-state index is 0.218. The van der Waals surface area contributed by atoms with Gasteiger partial charge in [0.1, 0.15) is 5.82 Å². The van der Waals surface area contributed by atoms with Crippen LogP contribution in [0.2, 0.25) is 5.02 Å². The fourth-order valence-corrected chi connectivity index (χ4v) is 1.95. The molecule has 0 fully saturated rings. The smallest absolute Gasteiger partial charge is 0.140 e. The minimum atomic E-state index is 0.218. The van der Waals surface area contributed by atoms with Crippen LogP contribution >= 0.6 is 27.5 Å². The van der Waals surface area contributed by atoms with Crippen molar-refractivity contribution >= 4 is 33.3 Å². The molecule has 0 spiro atoms. The molecule has 0 saturated heterocycles. The molecular formula is C10H15BrClN3. The van der Waals surface area contributed by atoms with Crippen molar-refractivity contribution in [3.05, 3.63) is 21.8 Å². The summed E-state index contributed by atoms with van der Waals surface area (Å²) in [7, 11) is 0. The van der Waals surface area contributed by atoms with E-state index in [2.05, 4.69) is 40.1 Å². The lowest BCUT2D eigenvalue weighted by Crippen LogP contribution is -2.34. The molecular weight excluding hydrogens is 277 g/mol. The third-order valence-electron chi connectivity index (χ3n) is 2.19. The molecule has 3 N–H and O–H groups in total. The van der Waals surface area contributed by atoms with Gasteiger partial charge in [0, 0.05) is 18.8 Å². The Kier molecular flexibility index (Phi) is 4.83. The first-order chi connectivity index (χ1) is 7.04. The molecule has 1 atom stereocenters. The maximum Gasteiger partial charge on any atom is 0.140 e. The van der Waals surface area contributed by atoms with Crippen LogP contribution in [0.5, 0.6) is 0 Å². The molecule has 1 aromatic rings. The van der Waals surface area contributed by atoms with Gasteiger partial charge in [-0.1, -0.05) is 25.4 Å². The Morgan fingerprint density at radius 1 is 1.60 bits per heavy atom. The lowest BCUT2D eigenvalue weighted by atomic mass is 10.1. The Labute approximate surface area is 104 Å². The van der Waals surface area contributed by atoms with Gasteiger partial charge in [-0.3, -0.25) is 0 Å². The summed E-state index contributed by atoms with van der Waals surface area (Å²) in [6.07, 6.45) is 1.61. The molecule has 1 unspecified atom stereocenters. The van der Waals surface area contributed by atoms with Crippen LogP contribution in [0.4, 0.5) is 5.82 Å². The van der Waals surface area contributed by atoms with Crippen molar-refractivity contribution in [2.24, 2.45) is 11.7 Å². The van der Waals surface area contributed by atoms with Crippen LogP contribution in [-0.2, 0) is 0 Å². The lowest BCUT2D eigenvalue weighted by molar-refractivity contribution is 0.530. The van der Waals surface area contributed by atoms with Crippen molar-refractivity contribution in [1.29, 1.82) is 0 Å². The maximum absolute atomic E-state index is 5.80. The van der Waals surface area contributed by atoms with Crippen LogP contribution < -0.4 is 11.1 Å². The fraction of sp³-hybridized carbons (Fsp3) is 0.500. The molecule has 1 aromatic heterocycles. The number of hydrogen-bond acceptors (Lipinski definition) is 3. The van der Waals surface area contributed by atoms with Gasteiger partial charge in [0.05, 0.1) is 9.50 Å². The minimum Gasteiger partial charge on any atom is -0.365 e. The Balaban J connectivity index is 2.79. The molecule has 0 amide bonds. The van der Waals surface area contributed by atoms with Crippen LogP contribution in [0.3, 0.4) is 0 Å². The number of pyridine rings is 1. The van der Waals surface area contributed by atoms with Gasteiger partial charge in [-0.05, 0) is 27.9 Å². The highest BCUT2D eigenvalue weighted by Crippen LogP contribution is 2.24. The fourth-order valence-electron chi connectivity index (χ4n) is 1.19. The Bertz CT molecular complexity index is 330. The molecule has 0 aliphatic heterocycles. The third kappa shape index (κ3) is 3.63. The average molecular weight is 293 g/mol. The summed E-state index contributed by atoms with van der Waals surface area (Å²) in [6, 6.07) is 2.03. The van der Waals surface area contributed by atoms with Crippen molar-refractivity contribution in [1.82, 2.24) is 4.98 Å². The summed E-state index contributed by atoms with van der Waals surface area (Å²) >= 11 is 9.21. The molecule has 0 aliphatic carbocycles. The molecule has 15 heavy (non-hydrogen) atoms. The molecule has 84 valence electrons. The summed E-state index contributed by atoms with van der Waals surface area (Å²) in [6.45, 7) is 4.82. The highest BCUT2D eigenvalue weighted by Gasteiger charge is 2.13. The predicted molar refractivity (Wildman–Crippen MR) is 68.3 cm³/mol. The zero-order valence-electron chi connectivity index (χ0n) is 8.80. The zero-order chi connectivity index (χ0) is 11.4. The first kappa shape index (κ1) is 12.7. The second kappa shape index (κ2) is 5.68. The van der Waals surface area contributed by atoms with E-state index in [1.165, 1.54) is 0 Å². The van der Waals surface area contributed by atoms with Crippen LogP contribution in [0.15, 0.2) is 16.7 Å². The second-order valence-electron chi connectivity index (χ2n) is 3.71. The molecule has 0 aliphatic rings. The SMILES string of the molecule is CC(C)C(CN)Nc1ncc(Cl)cc1Br. The standard InChI is InChI=1S/C10H15BrClN3/c1-6(2)9(4-13)15-10-8(11)3-7(12)5-14-10/h3,5-6,9H,4,13H2,1-2H3,(H,14,15). The molecule has 0 bridgehead atoms. The van der Waals surface area contributed by atoms with Gasteiger partial charge >= 0.3 is 0 Å². The summed E-state index contributed by atoms with van der Waals surface area (Å²) in [5.74, 6) is 1.24. The predicted octanol–water partition coefficient (Wildman–Crippen LogP) is 2.89. The van der Waals surface area contributed by atoms with E-state index in [4.69, 9.17) is 17.3 Å². The molecule has 1 heterocycles. The van der Waals surface area contributed by atoms with E-state index in [0.29, 0.717) is 17.5 Å². The first-order valence-electron chi connectivity index (χ1n) is 4.82. The number of nitrogens with two attached hydrogens (primary N) is 1. The topological polar surface area (TPSA) is 50.9 Å². The van der Waals surface area contributed by atoms with Crippen molar-refractivity contribution in [3.8, 4) is 0 Å². The lowest BCUT2D eigenvalue weighted by Gasteiger charge is -2.21. The van der Waals surface area contributed by atoms with Crippen LogP contribution in [0.25, 0.3) is 0 Å². The van der Waals surface area contributed by atoms with E-state index in [9.17, 15) is 0 Å². The quantitative estimate of drug-likeness (QED) is 0.897.